The van der Waals surface area contributed by atoms with Gasteiger partial charge in [0.1, 0.15) is 15.5 Å². The Morgan fingerprint density at radius 1 is 1.27 bits per heavy atom. The topological polar surface area (TPSA) is 158 Å². The number of nitrogens with two attached hydrogens (primary N) is 1. The third-order valence-corrected chi connectivity index (χ3v) is 8.19. The highest BCUT2D eigenvalue weighted by Gasteiger charge is 2.24. The quantitative estimate of drug-likeness (QED) is 0.257. The first-order valence-corrected chi connectivity index (χ1v) is 15.0. The molecule has 0 spiro atoms. The van der Waals surface area contributed by atoms with E-state index in [4.69, 9.17) is 10.7 Å². The summed E-state index contributed by atoms with van der Waals surface area (Å²) < 4.78 is 25.1. The number of aliphatic hydroxyl groups excluding tert-OH is 1. The summed E-state index contributed by atoms with van der Waals surface area (Å²) in [4.78, 5) is 19.4. The molecule has 0 aliphatic carbocycles. The Morgan fingerprint density at radius 2 is 1.95 bits per heavy atom. The van der Waals surface area contributed by atoms with E-state index in [1.54, 1.807) is 24.3 Å². The number of nitrogen functional groups attached to an aromatic ring is 1. The summed E-state index contributed by atoms with van der Waals surface area (Å²) in [5.41, 5.74) is 8.67. The Morgan fingerprint density at radius 3 is 2.54 bits per heavy atom. The first-order valence-electron chi connectivity index (χ1n) is 12.2. The summed E-state index contributed by atoms with van der Waals surface area (Å²) in [6.45, 7) is 4.05. The van der Waals surface area contributed by atoms with Crippen LogP contribution < -0.4 is 20.7 Å². The van der Waals surface area contributed by atoms with Gasteiger partial charge in [-0.25, -0.2) is 18.2 Å². The molecule has 0 saturated carbocycles. The van der Waals surface area contributed by atoms with E-state index in [-0.39, 0.29) is 10.9 Å². The number of hydrogen-bond donors (Lipinski definition) is 5. The lowest BCUT2D eigenvalue weighted by Gasteiger charge is -2.34. The molecule has 2 aromatic heterocycles. The number of thiophene rings is 1. The van der Waals surface area contributed by atoms with Gasteiger partial charge in [-0.05, 0) is 48.6 Å². The number of pyridine rings is 1. The average molecular weight is 548 g/mol. The third kappa shape index (κ3) is 6.50. The lowest BCUT2D eigenvalue weighted by atomic mass is 10.0. The molecule has 1 atom stereocenters. The van der Waals surface area contributed by atoms with Crippen molar-refractivity contribution in [3.63, 3.8) is 0 Å². The maximum atomic E-state index is 11.6. The van der Waals surface area contributed by atoms with Crippen molar-refractivity contribution >= 4 is 54.7 Å². The number of benzene rings is 1. The van der Waals surface area contributed by atoms with Crippen molar-refractivity contribution in [2.24, 2.45) is 0 Å². The van der Waals surface area contributed by atoms with Crippen molar-refractivity contribution in [2.45, 2.75) is 44.8 Å². The second-order valence-electron chi connectivity index (χ2n) is 9.40. The van der Waals surface area contributed by atoms with Crippen molar-refractivity contribution in [3.05, 3.63) is 46.3 Å². The van der Waals surface area contributed by atoms with E-state index in [0.29, 0.717) is 28.3 Å². The molecule has 1 aliphatic heterocycles. The van der Waals surface area contributed by atoms with Crippen molar-refractivity contribution < 1.29 is 23.4 Å². The minimum atomic E-state index is -3.34. The summed E-state index contributed by atoms with van der Waals surface area (Å²) in [6, 6.07) is 8.98. The van der Waals surface area contributed by atoms with Crippen LogP contribution in [-0.2, 0) is 16.4 Å². The Labute approximate surface area is 220 Å². The fourth-order valence-corrected chi connectivity index (χ4v) is 6.21. The first kappa shape index (κ1) is 27.1. The smallest absolute Gasteiger partial charge is 0.348 e. The molecule has 0 amide bonds. The number of nitrogens with one attached hydrogen (secondary N) is 2. The molecule has 0 radical (unpaired) electrons. The number of carbonyl (C=O) groups is 1. The second kappa shape index (κ2) is 11.2. The zero-order chi connectivity index (χ0) is 26.7. The Kier molecular flexibility index (Phi) is 8.22. The molecule has 3 heterocycles. The maximum absolute atomic E-state index is 11.6. The van der Waals surface area contributed by atoms with Crippen LogP contribution in [0, 0.1) is 0 Å². The lowest BCUT2D eigenvalue weighted by molar-refractivity contribution is 0.0703. The van der Waals surface area contributed by atoms with E-state index in [2.05, 4.69) is 21.9 Å². The van der Waals surface area contributed by atoms with Gasteiger partial charge in [0.15, 0.2) is 0 Å². The van der Waals surface area contributed by atoms with Gasteiger partial charge in [-0.1, -0.05) is 25.5 Å². The molecule has 37 heavy (non-hydrogen) atoms. The minimum absolute atomic E-state index is 0.139. The van der Waals surface area contributed by atoms with Gasteiger partial charge in [0.05, 0.1) is 18.0 Å². The van der Waals surface area contributed by atoms with Crippen LogP contribution in [0.4, 0.5) is 17.2 Å². The van der Waals surface area contributed by atoms with Gasteiger partial charge in [0.25, 0.3) is 0 Å². The van der Waals surface area contributed by atoms with Crippen molar-refractivity contribution in [2.75, 3.05) is 41.2 Å². The normalized spacial score (nSPS) is 15.7. The van der Waals surface area contributed by atoms with E-state index >= 15 is 0 Å². The van der Waals surface area contributed by atoms with E-state index in [1.807, 2.05) is 6.07 Å². The number of aromatic nitrogens is 1. The van der Waals surface area contributed by atoms with Gasteiger partial charge in [-0.15, -0.1) is 11.3 Å². The van der Waals surface area contributed by atoms with E-state index in [1.165, 1.54) is 0 Å². The molecule has 3 aromatic rings. The van der Waals surface area contributed by atoms with Crippen molar-refractivity contribution in [3.8, 4) is 0 Å². The number of hydrogen-bond acceptors (Lipinski definition) is 9. The van der Waals surface area contributed by atoms with Gasteiger partial charge < -0.3 is 26.2 Å². The fraction of sp³-hybridized carbons (Fsp3) is 0.440. The monoisotopic (exact) mass is 547 g/mol. The molecule has 1 unspecified atom stereocenters. The molecule has 1 aliphatic rings. The van der Waals surface area contributed by atoms with Gasteiger partial charge >= 0.3 is 5.97 Å². The molecule has 10 nitrogen and oxygen atoms in total. The second-order valence-corrected chi connectivity index (χ2v) is 12.1. The summed E-state index contributed by atoms with van der Waals surface area (Å²) in [6.07, 6.45) is 3.85. The Hall–Kier alpha value is -2.93. The molecule has 0 bridgehead atoms. The van der Waals surface area contributed by atoms with Gasteiger partial charge in [0, 0.05) is 36.7 Å². The molecular weight excluding hydrogens is 514 g/mol. The van der Waals surface area contributed by atoms with Crippen LogP contribution in [0.15, 0.2) is 30.3 Å². The number of piperidine rings is 1. The maximum Gasteiger partial charge on any atom is 0.348 e. The van der Waals surface area contributed by atoms with Crippen LogP contribution in [0.2, 0.25) is 0 Å². The summed E-state index contributed by atoms with van der Waals surface area (Å²) in [7, 11) is -3.34. The summed E-state index contributed by atoms with van der Waals surface area (Å²) in [5, 5.41) is 24.3. The number of aromatic carboxylic acids is 1. The number of nitrogens with zero attached hydrogens (tertiary/aromatic N) is 2. The van der Waals surface area contributed by atoms with Crippen LogP contribution in [-0.4, -0.2) is 61.5 Å². The number of anilines is 3. The van der Waals surface area contributed by atoms with Crippen LogP contribution in [0.5, 0.6) is 0 Å². The van der Waals surface area contributed by atoms with E-state index in [0.717, 1.165) is 73.1 Å². The predicted octanol–water partition coefficient (Wildman–Crippen LogP) is 3.19. The number of carboxylic acids is 1. The molecule has 12 heteroatoms. The zero-order valence-corrected chi connectivity index (χ0v) is 22.5. The number of fused-ring (bicyclic) bond motifs is 1. The predicted molar refractivity (Wildman–Crippen MR) is 148 cm³/mol. The number of rotatable bonds is 10. The molecule has 4 rings (SSSR count). The standard InChI is InChI=1S/C25H33N5O5S2/c1-3-4-16-13-20(28-24-21(16)22(26)23(36-24)25(32)33)30-11-9-17(10-12-30)27-14-19(31)15-5-7-18(8-6-15)29-37(2,34)35/h5-8,13,17,19,27,29,31H,3-4,9-12,14,26H2,1-2H3,(H,32,33). The number of sulfonamides is 1. The number of aliphatic hydroxyl groups is 1. The van der Waals surface area contributed by atoms with E-state index < -0.39 is 22.1 Å². The van der Waals surface area contributed by atoms with Gasteiger partial charge in [-0.3, -0.25) is 4.72 Å². The van der Waals surface area contributed by atoms with Crippen LogP contribution in [0.3, 0.4) is 0 Å². The highest BCUT2D eigenvalue weighted by atomic mass is 32.2. The molecule has 1 fully saturated rings. The van der Waals surface area contributed by atoms with Crippen LogP contribution in [0.25, 0.3) is 10.2 Å². The molecule has 200 valence electrons. The fourth-order valence-electron chi connectivity index (χ4n) is 4.67. The summed E-state index contributed by atoms with van der Waals surface area (Å²) >= 11 is 1.13. The van der Waals surface area contributed by atoms with Crippen LogP contribution >= 0.6 is 11.3 Å². The Balaban J connectivity index is 1.36. The van der Waals surface area contributed by atoms with Crippen molar-refractivity contribution in [1.82, 2.24) is 10.3 Å². The molecule has 6 N–H and O–H groups in total. The summed E-state index contributed by atoms with van der Waals surface area (Å²) in [5.74, 6) is -0.185. The van der Waals surface area contributed by atoms with Crippen LogP contribution in [0.1, 0.15) is 53.1 Å². The average Bonchev–Trinajstić information content (AvgIpc) is 3.19. The largest absolute Gasteiger partial charge is 0.477 e. The van der Waals surface area contributed by atoms with Gasteiger partial charge in [-0.2, -0.15) is 0 Å². The number of aryl methyl sites for hydroxylation is 1. The molecular formula is C25H33N5O5S2. The SMILES string of the molecule is CCCc1cc(N2CCC(NCC(O)c3ccc(NS(C)(=O)=O)cc3)CC2)nc2sc(C(=O)O)c(N)c12. The van der Waals surface area contributed by atoms with Crippen molar-refractivity contribution in [1.29, 1.82) is 0 Å². The van der Waals surface area contributed by atoms with E-state index in [9.17, 15) is 23.4 Å². The highest BCUT2D eigenvalue weighted by Crippen LogP contribution is 2.37. The minimum Gasteiger partial charge on any atom is -0.477 e. The highest BCUT2D eigenvalue weighted by molar-refractivity contribution is 7.92. The third-order valence-electron chi connectivity index (χ3n) is 6.50. The Bertz CT molecular complexity index is 1370. The molecule has 1 saturated heterocycles. The first-order chi connectivity index (χ1) is 17.6. The lowest BCUT2D eigenvalue weighted by Crippen LogP contribution is -2.44. The molecule has 1 aromatic carbocycles. The zero-order valence-electron chi connectivity index (χ0n) is 20.9. The number of carboxylic acid groups (broad SMARTS) is 1. The van der Waals surface area contributed by atoms with Gasteiger partial charge in [0.2, 0.25) is 10.0 Å².